The number of anilines is 1. The molecule has 2 N–H and O–H groups in total. The van der Waals surface area contributed by atoms with E-state index in [0.29, 0.717) is 23.7 Å². The molecule has 8 heteroatoms. The number of nitrogens with zero attached hydrogens (tertiary/aromatic N) is 3. The van der Waals surface area contributed by atoms with E-state index in [1.165, 1.54) is 0 Å². The summed E-state index contributed by atoms with van der Waals surface area (Å²) < 4.78 is 6.06. The third kappa shape index (κ3) is 4.81. The lowest BCUT2D eigenvalue weighted by molar-refractivity contribution is -0.134. The Balaban J connectivity index is 1.25. The average molecular weight is 520 g/mol. The number of aromatic nitrogens is 3. The van der Waals surface area contributed by atoms with Crippen LogP contribution < -0.4 is 5.32 Å². The molecule has 6 rings (SSSR count). The molecule has 0 radical (unpaired) electrons. The molecule has 3 aromatic carbocycles. The van der Waals surface area contributed by atoms with Crippen LogP contribution in [0.15, 0.2) is 83.4 Å². The van der Waals surface area contributed by atoms with E-state index in [9.17, 15) is 9.59 Å². The van der Waals surface area contributed by atoms with Crippen molar-refractivity contribution in [2.75, 3.05) is 11.9 Å². The molecule has 3 heterocycles. The maximum Gasteiger partial charge on any atom is 0.230 e. The van der Waals surface area contributed by atoms with Gasteiger partial charge in [-0.15, -0.1) is 0 Å². The normalized spacial score (nSPS) is 15.9. The number of carbonyl (C=O) groups excluding carboxylic acids is 2. The minimum atomic E-state index is -0.154. The van der Waals surface area contributed by atoms with Gasteiger partial charge in [0.2, 0.25) is 18.2 Å². The Bertz CT molecular complexity index is 1620. The largest absolute Gasteiger partial charge is 0.436 e. The van der Waals surface area contributed by atoms with E-state index in [0.717, 1.165) is 59.4 Å². The average Bonchev–Trinajstić information content (AvgIpc) is 3.73. The third-order valence-electron chi connectivity index (χ3n) is 7.39. The fraction of sp³-hybridized carbons (Fsp3) is 0.226. The van der Waals surface area contributed by atoms with Crippen LogP contribution in [0.3, 0.4) is 0 Å². The van der Waals surface area contributed by atoms with Gasteiger partial charge in [-0.05, 0) is 61.2 Å². The number of amides is 2. The lowest BCUT2D eigenvalue weighted by atomic mass is 9.94. The Morgan fingerprint density at radius 2 is 2.00 bits per heavy atom. The van der Waals surface area contributed by atoms with Gasteiger partial charge in [0, 0.05) is 23.4 Å². The number of rotatable bonds is 8. The Morgan fingerprint density at radius 1 is 1.13 bits per heavy atom. The molecular weight excluding hydrogens is 490 g/mol. The summed E-state index contributed by atoms with van der Waals surface area (Å²) >= 11 is 0. The molecule has 2 amide bonds. The number of fused-ring (bicyclic) bond motifs is 1. The molecule has 1 fully saturated rings. The third-order valence-corrected chi connectivity index (χ3v) is 7.39. The Hall–Kier alpha value is -4.72. The first-order valence-electron chi connectivity index (χ1n) is 13.3. The van der Waals surface area contributed by atoms with Crippen LogP contribution in [0.2, 0.25) is 0 Å². The number of H-pyrrole nitrogens is 1. The predicted octanol–water partition coefficient (Wildman–Crippen LogP) is 6.31. The van der Waals surface area contributed by atoms with Gasteiger partial charge in [0.05, 0.1) is 29.2 Å². The molecule has 1 aliphatic rings. The van der Waals surface area contributed by atoms with E-state index in [1.54, 1.807) is 12.3 Å². The molecule has 196 valence electrons. The van der Waals surface area contributed by atoms with Gasteiger partial charge in [-0.25, -0.2) is 9.97 Å². The van der Waals surface area contributed by atoms with Crippen molar-refractivity contribution >= 4 is 29.0 Å². The Kier molecular flexibility index (Phi) is 6.67. The molecule has 0 aliphatic carbocycles. The quantitative estimate of drug-likeness (QED) is 0.234. The van der Waals surface area contributed by atoms with Gasteiger partial charge >= 0.3 is 0 Å². The van der Waals surface area contributed by atoms with Gasteiger partial charge in [0.15, 0.2) is 5.76 Å². The molecule has 1 saturated heterocycles. The predicted molar refractivity (Wildman–Crippen MR) is 150 cm³/mol. The SMILES string of the molecule is CC[C@@H](C(=O)N1CCC[C@H]1c1nc2ccc(-c3cnc(-c4cccc(NC=O)c4)o3)cc2[nH]1)c1ccccc1. The van der Waals surface area contributed by atoms with Crippen LogP contribution in [-0.2, 0) is 9.59 Å². The number of benzene rings is 3. The zero-order valence-corrected chi connectivity index (χ0v) is 21.6. The number of aromatic amines is 1. The second-order valence-corrected chi connectivity index (χ2v) is 9.79. The standard InChI is InChI=1S/C31H29N5O3/c1-2-24(20-8-4-3-5-9-20)31(38)36-15-7-12-27(36)29-34-25-14-13-21(17-26(25)35-29)28-18-32-30(39-28)22-10-6-11-23(16-22)33-19-37/h3-6,8-11,13-14,16-19,24,27H,2,7,12,15H2,1H3,(H,33,37)(H,34,35)/t24-,27+/m1/s1. The number of nitrogens with one attached hydrogen (secondary N) is 2. The van der Waals surface area contributed by atoms with Crippen molar-refractivity contribution in [2.45, 2.75) is 38.1 Å². The minimum Gasteiger partial charge on any atom is -0.436 e. The molecule has 0 saturated carbocycles. The Morgan fingerprint density at radius 3 is 2.82 bits per heavy atom. The summed E-state index contributed by atoms with van der Waals surface area (Å²) in [5.74, 6) is 1.91. The first kappa shape index (κ1) is 24.6. The highest BCUT2D eigenvalue weighted by atomic mass is 16.4. The van der Waals surface area contributed by atoms with Gasteiger partial charge < -0.3 is 19.6 Å². The summed E-state index contributed by atoms with van der Waals surface area (Å²) in [4.78, 5) is 39.2. The van der Waals surface area contributed by atoms with Crippen molar-refractivity contribution in [1.82, 2.24) is 19.9 Å². The van der Waals surface area contributed by atoms with Crippen molar-refractivity contribution in [3.8, 4) is 22.8 Å². The molecule has 1 aliphatic heterocycles. The zero-order valence-electron chi connectivity index (χ0n) is 21.6. The summed E-state index contributed by atoms with van der Waals surface area (Å²) in [5, 5.41) is 2.64. The maximum absolute atomic E-state index is 13.6. The maximum atomic E-state index is 13.6. The van der Waals surface area contributed by atoms with E-state index < -0.39 is 0 Å². The van der Waals surface area contributed by atoms with Crippen LogP contribution in [-0.4, -0.2) is 38.7 Å². The van der Waals surface area contributed by atoms with E-state index >= 15 is 0 Å². The minimum absolute atomic E-state index is 0.0738. The van der Waals surface area contributed by atoms with Crippen molar-refractivity contribution in [2.24, 2.45) is 0 Å². The first-order chi connectivity index (χ1) is 19.1. The number of likely N-dealkylation sites (tertiary alicyclic amines) is 1. The van der Waals surface area contributed by atoms with Crippen LogP contribution in [0.25, 0.3) is 33.8 Å². The molecule has 2 aromatic heterocycles. The van der Waals surface area contributed by atoms with Crippen molar-refractivity contribution < 1.29 is 14.0 Å². The van der Waals surface area contributed by atoms with Crippen LogP contribution in [0, 0.1) is 0 Å². The van der Waals surface area contributed by atoms with Crippen LogP contribution in [0.1, 0.15) is 49.5 Å². The van der Waals surface area contributed by atoms with Gasteiger partial charge in [0.25, 0.3) is 0 Å². The topological polar surface area (TPSA) is 104 Å². The molecular formula is C31H29N5O3. The zero-order chi connectivity index (χ0) is 26.8. The molecule has 8 nitrogen and oxygen atoms in total. The lowest BCUT2D eigenvalue weighted by Crippen LogP contribution is -2.35. The second-order valence-electron chi connectivity index (χ2n) is 9.79. The highest BCUT2D eigenvalue weighted by molar-refractivity contribution is 5.85. The fourth-order valence-electron chi connectivity index (χ4n) is 5.44. The van der Waals surface area contributed by atoms with Crippen LogP contribution in [0.5, 0.6) is 0 Å². The van der Waals surface area contributed by atoms with Crippen LogP contribution in [0.4, 0.5) is 5.69 Å². The summed E-state index contributed by atoms with van der Waals surface area (Å²) in [6.45, 7) is 2.80. The van der Waals surface area contributed by atoms with Crippen molar-refractivity contribution in [3.05, 3.63) is 90.4 Å². The molecule has 0 spiro atoms. The highest BCUT2D eigenvalue weighted by Gasteiger charge is 2.35. The number of hydrogen-bond donors (Lipinski definition) is 2. The Labute approximate surface area is 226 Å². The van der Waals surface area contributed by atoms with E-state index in [2.05, 4.69) is 22.2 Å². The first-order valence-corrected chi connectivity index (χ1v) is 13.3. The molecule has 0 bridgehead atoms. The number of hydrogen-bond acceptors (Lipinski definition) is 5. The monoisotopic (exact) mass is 519 g/mol. The summed E-state index contributed by atoms with van der Waals surface area (Å²) in [6, 6.07) is 23.2. The van der Waals surface area contributed by atoms with Crippen LogP contribution >= 0.6 is 0 Å². The molecule has 0 unspecified atom stereocenters. The van der Waals surface area contributed by atoms with E-state index in [4.69, 9.17) is 9.40 Å². The van der Waals surface area contributed by atoms with Crippen molar-refractivity contribution in [3.63, 3.8) is 0 Å². The number of carbonyl (C=O) groups is 2. The van der Waals surface area contributed by atoms with E-state index in [-0.39, 0.29) is 17.9 Å². The van der Waals surface area contributed by atoms with Gasteiger partial charge in [-0.1, -0.05) is 43.3 Å². The van der Waals surface area contributed by atoms with E-state index in [1.807, 2.05) is 71.6 Å². The fourth-order valence-corrected chi connectivity index (χ4v) is 5.44. The summed E-state index contributed by atoms with van der Waals surface area (Å²) in [5.41, 5.74) is 5.09. The number of oxazole rings is 1. The highest BCUT2D eigenvalue weighted by Crippen LogP contribution is 2.36. The summed E-state index contributed by atoms with van der Waals surface area (Å²) in [7, 11) is 0. The van der Waals surface area contributed by atoms with Gasteiger partial charge in [-0.3, -0.25) is 9.59 Å². The molecule has 5 aromatic rings. The van der Waals surface area contributed by atoms with Crippen molar-refractivity contribution in [1.29, 1.82) is 0 Å². The molecule has 2 atom stereocenters. The molecule has 39 heavy (non-hydrogen) atoms. The second kappa shape index (κ2) is 10.6. The van der Waals surface area contributed by atoms with Gasteiger partial charge in [-0.2, -0.15) is 0 Å². The van der Waals surface area contributed by atoms with Gasteiger partial charge in [0.1, 0.15) is 5.82 Å². The summed E-state index contributed by atoms with van der Waals surface area (Å²) in [6.07, 6.45) is 4.92. The smallest absolute Gasteiger partial charge is 0.230 e. The number of imidazole rings is 1. The lowest BCUT2D eigenvalue weighted by Gasteiger charge is -2.27.